The summed E-state index contributed by atoms with van der Waals surface area (Å²) in [5, 5.41) is 11.6. The largest absolute Gasteiger partial charge is 0.481 e. The van der Waals surface area contributed by atoms with Gasteiger partial charge in [0.25, 0.3) is 0 Å². The molecule has 4 rings (SSSR count). The van der Waals surface area contributed by atoms with Crippen molar-refractivity contribution in [2.45, 2.75) is 24.8 Å². The number of carbonyl (C=O) groups excluding carboxylic acids is 3. The molecule has 0 saturated carbocycles. The molecule has 1 aliphatic carbocycles. The third-order valence-electron chi connectivity index (χ3n) is 6.35. The lowest BCUT2D eigenvalue weighted by Crippen LogP contribution is -2.56. The molecule has 1 saturated heterocycles. The number of hydrogen-bond donors (Lipinski definition) is 2. The van der Waals surface area contributed by atoms with Crippen molar-refractivity contribution in [2.75, 3.05) is 33.3 Å². The molecule has 1 unspecified atom stereocenters. The fourth-order valence-corrected chi connectivity index (χ4v) is 4.47. The molecule has 0 bridgehead atoms. The number of aliphatic carboxylic acids is 1. The van der Waals surface area contributed by atoms with Crippen LogP contribution in [0.25, 0.3) is 11.1 Å². The van der Waals surface area contributed by atoms with E-state index in [1.54, 1.807) is 7.05 Å². The van der Waals surface area contributed by atoms with E-state index in [-0.39, 0.29) is 37.8 Å². The molecule has 178 valence electrons. The number of hydrogen-bond acceptors (Lipinski definition) is 5. The maximum atomic E-state index is 13.0. The van der Waals surface area contributed by atoms with Gasteiger partial charge in [0.2, 0.25) is 11.8 Å². The van der Waals surface area contributed by atoms with E-state index in [4.69, 9.17) is 9.84 Å². The van der Waals surface area contributed by atoms with E-state index in [0.717, 1.165) is 22.3 Å². The van der Waals surface area contributed by atoms with Crippen molar-refractivity contribution in [3.05, 3.63) is 59.7 Å². The minimum absolute atomic E-state index is 0.0761. The lowest BCUT2D eigenvalue weighted by Gasteiger charge is -2.34. The summed E-state index contributed by atoms with van der Waals surface area (Å²) in [6, 6.07) is 14.8. The first-order valence-electron chi connectivity index (χ1n) is 11.2. The van der Waals surface area contributed by atoms with Gasteiger partial charge in [-0.3, -0.25) is 14.4 Å². The molecule has 1 atom stereocenters. The fourth-order valence-electron chi connectivity index (χ4n) is 4.47. The molecule has 1 fully saturated rings. The van der Waals surface area contributed by atoms with Gasteiger partial charge in [0.05, 0.1) is 6.54 Å². The average molecular weight is 466 g/mol. The number of fused-ring (bicyclic) bond motifs is 3. The van der Waals surface area contributed by atoms with Crippen LogP contribution in [0.15, 0.2) is 48.5 Å². The summed E-state index contributed by atoms with van der Waals surface area (Å²) in [6.45, 7) is 0.663. The number of nitrogens with one attached hydrogen (secondary N) is 1. The molecular weight excluding hydrogens is 438 g/mol. The number of rotatable bonds is 7. The van der Waals surface area contributed by atoms with Crippen LogP contribution in [0.4, 0.5) is 4.79 Å². The van der Waals surface area contributed by atoms with Gasteiger partial charge in [-0.25, -0.2) is 4.79 Å². The quantitative estimate of drug-likeness (QED) is 0.647. The average Bonchev–Trinajstić information content (AvgIpc) is 3.15. The van der Waals surface area contributed by atoms with Crippen LogP contribution >= 0.6 is 0 Å². The first-order valence-corrected chi connectivity index (χ1v) is 11.2. The maximum absolute atomic E-state index is 13.0. The molecular formula is C25H27N3O6. The zero-order chi connectivity index (χ0) is 24.2. The van der Waals surface area contributed by atoms with Crippen molar-refractivity contribution in [3.8, 4) is 11.1 Å². The van der Waals surface area contributed by atoms with Crippen molar-refractivity contribution in [3.63, 3.8) is 0 Å². The van der Waals surface area contributed by atoms with Crippen molar-refractivity contribution >= 4 is 23.9 Å². The van der Waals surface area contributed by atoms with Crippen LogP contribution in [0.3, 0.4) is 0 Å². The van der Waals surface area contributed by atoms with E-state index >= 15 is 0 Å². The van der Waals surface area contributed by atoms with E-state index in [0.29, 0.717) is 13.1 Å². The molecule has 1 aliphatic heterocycles. The van der Waals surface area contributed by atoms with Crippen LogP contribution in [0, 0.1) is 0 Å². The number of carboxylic acids is 1. The second-order valence-corrected chi connectivity index (χ2v) is 8.53. The summed E-state index contributed by atoms with van der Waals surface area (Å²) in [5.74, 6) is -1.92. The molecule has 2 N–H and O–H groups in total. The molecule has 3 amide bonds. The number of nitrogens with zero attached hydrogens (tertiary/aromatic N) is 2. The monoisotopic (exact) mass is 465 g/mol. The standard InChI is InChI=1S/C25H27N3O6/c1-27-12-13-28(14-22(27)29)24(32)21(10-11-23(30)31)26-25(33)34-15-20-18-8-4-2-6-16(18)17-7-3-5-9-19(17)20/h2-9,20-21H,10-15H2,1H3,(H,26,33)(H,30,31). The van der Waals surface area contributed by atoms with E-state index in [1.165, 1.54) is 9.80 Å². The van der Waals surface area contributed by atoms with Gasteiger partial charge in [0, 0.05) is 32.5 Å². The summed E-state index contributed by atoms with van der Waals surface area (Å²) in [6.07, 6.45) is -1.20. The summed E-state index contributed by atoms with van der Waals surface area (Å²) < 4.78 is 5.51. The number of likely N-dealkylation sites (N-methyl/N-ethyl adjacent to an activating group) is 1. The third-order valence-corrected chi connectivity index (χ3v) is 6.35. The molecule has 0 aromatic heterocycles. The topological polar surface area (TPSA) is 116 Å². The Kier molecular flexibility index (Phi) is 6.81. The Hall–Kier alpha value is -3.88. The predicted molar refractivity (Wildman–Crippen MR) is 123 cm³/mol. The van der Waals surface area contributed by atoms with Gasteiger partial charge in [-0.1, -0.05) is 48.5 Å². The van der Waals surface area contributed by atoms with Gasteiger partial charge >= 0.3 is 12.1 Å². The third kappa shape index (κ3) is 4.88. The number of carboxylic acid groups (broad SMARTS) is 1. The normalized spacial score (nSPS) is 16.0. The van der Waals surface area contributed by atoms with E-state index < -0.39 is 24.0 Å². The molecule has 2 aromatic rings. The van der Waals surface area contributed by atoms with Gasteiger partial charge in [0.15, 0.2) is 0 Å². The van der Waals surface area contributed by atoms with Crippen molar-refractivity contribution < 1.29 is 29.0 Å². The van der Waals surface area contributed by atoms with Crippen LogP contribution in [-0.2, 0) is 19.1 Å². The highest BCUT2D eigenvalue weighted by atomic mass is 16.5. The van der Waals surface area contributed by atoms with Crippen LogP contribution < -0.4 is 5.32 Å². The lowest BCUT2D eigenvalue weighted by molar-refractivity contribution is -0.145. The summed E-state index contributed by atoms with van der Waals surface area (Å²) in [5.41, 5.74) is 4.32. The van der Waals surface area contributed by atoms with Gasteiger partial charge in [0.1, 0.15) is 12.6 Å². The zero-order valence-electron chi connectivity index (χ0n) is 18.9. The summed E-state index contributed by atoms with van der Waals surface area (Å²) >= 11 is 0. The van der Waals surface area contributed by atoms with Crippen LogP contribution in [0.5, 0.6) is 0 Å². The second kappa shape index (κ2) is 9.94. The van der Waals surface area contributed by atoms with Gasteiger partial charge in [-0.2, -0.15) is 0 Å². The fraction of sp³-hybridized carbons (Fsp3) is 0.360. The molecule has 2 aromatic carbocycles. The number of amides is 3. The zero-order valence-corrected chi connectivity index (χ0v) is 18.9. The Morgan fingerprint density at radius 1 is 1.06 bits per heavy atom. The van der Waals surface area contributed by atoms with Crippen LogP contribution in [-0.4, -0.2) is 78.1 Å². The SMILES string of the molecule is CN1CCN(C(=O)C(CCC(=O)O)NC(=O)OCC2c3ccccc3-c3ccccc32)CC1=O. The van der Waals surface area contributed by atoms with E-state index in [2.05, 4.69) is 5.32 Å². The molecule has 2 aliphatic rings. The minimum Gasteiger partial charge on any atom is -0.481 e. The van der Waals surface area contributed by atoms with Gasteiger partial charge in [-0.15, -0.1) is 0 Å². The molecule has 9 heteroatoms. The van der Waals surface area contributed by atoms with Crippen molar-refractivity contribution in [1.82, 2.24) is 15.1 Å². The van der Waals surface area contributed by atoms with Crippen LogP contribution in [0.1, 0.15) is 29.9 Å². The number of ether oxygens (including phenoxy) is 1. The van der Waals surface area contributed by atoms with Gasteiger partial charge in [-0.05, 0) is 28.7 Å². The Bertz CT molecular complexity index is 1070. The number of alkyl carbamates (subject to hydrolysis) is 1. The Balaban J connectivity index is 1.42. The molecule has 34 heavy (non-hydrogen) atoms. The Morgan fingerprint density at radius 2 is 1.68 bits per heavy atom. The first-order chi connectivity index (χ1) is 16.3. The molecule has 0 radical (unpaired) electrons. The van der Waals surface area contributed by atoms with Crippen molar-refractivity contribution in [2.24, 2.45) is 0 Å². The highest BCUT2D eigenvalue weighted by Crippen LogP contribution is 2.44. The Morgan fingerprint density at radius 3 is 2.26 bits per heavy atom. The first kappa shape index (κ1) is 23.3. The smallest absolute Gasteiger partial charge is 0.407 e. The van der Waals surface area contributed by atoms with E-state index in [1.807, 2.05) is 48.5 Å². The number of piperazine rings is 1. The molecule has 0 spiro atoms. The number of benzene rings is 2. The van der Waals surface area contributed by atoms with Crippen LogP contribution in [0.2, 0.25) is 0 Å². The summed E-state index contributed by atoms with van der Waals surface area (Å²) in [4.78, 5) is 51.6. The maximum Gasteiger partial charge on any atom is 0.407 e. The molecule has 9 nitrogen and oxygen atoms in total. The highest BCUT2D eigenvalue weighted by Gasteiger charge is 2.33. The van der Waals surface area contributed by atoms with Crippen molar-refractivity contribution in [1.29, 1.82) is 0 Å². The molecule has 1 heterocycles. The highest BCUT2D eigenvalue weighted by molar-refractivity contribution is 5.90. The van der Waals surface area contributed by atoms with E-state index in [9.17, 15) is 19.2 Å². The van der Waals surface area contributed by atoms with Gasteiger partial charge < -0.3 is 25.0 Å². The minimum atomic E-state index is -1.09. The number of carbonyl (C=O) groups is 4. The second-order valence-electron chi connectivity index (χ2n) is 8.53. The summed E-state index contributed by atoms with van der Waals surface area (Å²) in [7, 11) is 1.65. The Labute approximate surface area is 197 Å². The lowest BCUT2D eigenvalue weighted by atomic mass is 9.98. The predicted octanol–water partition coefficient (Wildman–Crippen LogP) is 2.06.